The van der Waals surface area contributed by atoms with Crippen molar-refractivity contribution >= 4 is 5.91 Å². The van der Waals surface area contributed by atoms with Crippen molar-refractivity contribution in [2.24, 2.45) is 0 Å². The Morgan fingerprint density at radius 3 is 2.42 bits per heavy atom. The zero-order chi connectivity index (χ0) is 17.4. The Hall–Kier alpha value is -1.63. The molecule has 1 fully saturated rings. The molecule has 6 nitrogen and oxygen atoms in total. The van der Waals surface area contributed by atoms with E-state index in [4.69, 9.17) is 4.74 Å². The molecule has 24 heavy (non-hydrogen) atoms. The van der Waals surface area contributed by atoms with E-state index in [-0.39, 0.29) is 12.0 Å². The van der Waals surface area contributed by atoms with Crippen LogP contribution in [0.2, 0.25) is 0 Å². The summed E-state index contributed by atoms with van der Waals surface area (Å²) < 4.78 is 5.13. The summed E-state index contributed by atoms with van der Waals surface area (Å²) >= 11 is 0. The van der Waals surface area contributed by atoms with E-state index in [2.05, 4.69) is 15.1 Å². The van der Waals surface area contributed by atoms with Crippen molar-refractivity contribution in [3.05, 3.63) is 29.8 Å². The average molecular weight is 335 g/mol. The summed E-state index contributed by atoms with van der Waals surface area (Å²) in [5, 5.41) is 12.4. The van der Waals surface area contributed by atoms with Gasteiger partial charge in [-0.05, 0) is 31.0 Å². The van der Waals surface area contributed by atoms with Crippen LogP contribution in [0.4, 0.5) is 0 Å². The highest BCUT2D eigenvalue weighted by atomic mass is 16.5. The van der Waals surface area contributed by atoms with Crippen LogP contribution in [-0.4, -0.2) is 79.8 Å². The number of ether oxygens (including phenoxy) is 1. The Kier molecular flexibility index (Phi) is 7.49. The molecule has 0 unspecified atom stereocenters. The van der Waals surface area contributed by atoms with Crippen molar-refractivity contribution in [1.82, 2.24) is 15.1 Å². The van der Waals surface area contributed by atoms with Crippen LogP contribution in [0.5, 0.6) is 5.75 Å². The molecule has 134 valence electrons. The third-order valence-electron chi connectivity index (χ3n) is 4.25. The lowest BCUT2D eigenvalue weighted by Crippen LogP contribution is -2.50. The summed E-state index contributed by atoms with van der Waals surface area (Å²) in [5.74, 6) is 0.921. The van der Waals surface area contributed by atoms with Crippen LogP contribution >= 0.6 is 0 Å². The van der Waals surface area contributed by atoms with Crippen LogP contribution in [0.1, 0.15) is 12.5 Å². The fraction of sp³-hybridized carbons (Fsp3) is 0.611. The maximum atomic E-state index is 12.0. The molecule has 1 heterocycles. The van der Waals surface area contributed by atoms with Gasteiger partial charge < -0.3 is 15.2 Å². The zero-order valence-corrected chi connectivity index (χ0v) is 14.7. The van der Waals surface area contributed by atoms with Crippen molar-refractivity contribution in [3.63, 3.8) is 0 Å². The Bertz CT molecular complexity index is 497. The van der Waals surface area contributed by atoms with Crippen LogP contribution in [-0.2, 0) is 11.2 Å². The quantitative estimate of drug-likeness (QED) is 0.718. The van der Waals surface area contributed by atoms with Gasteiger partial charge in [-0.15, -0.1) is 0 Å². The highest BCUT2D eigenvalue weighted by Gasteiger charge is 2.19. The Balaban J connectivity index is 1.61. The first kappa shape index (κ1) is 18.7. The summed E-state index contributed by atoms with van der Waals surface area (Å²) in [5.41, 5.74) is 1.18. The second-order valence-corrected chi connectivity index (χ2v) is 6.37. The van der Waals surface area contributed by atoms with Crippen molar-refractivity contribution in [2.45, 2.75) is 19.4 Å². The fourth-order valence-corrected chi connectivity index (χ4v) is 2.90. The lowest BCUT2D eigenvalue weighted by molar-refractivity contribution is -0.122. The van der Waals surface area contributed by atoms with E-state index in [0.29, 0.717) is 19.6 Å². The van der Waals surface area contributed by atoms with Gasteiger partial charge >= 0.3 is 0 Å². The van der Waals surface area contributed by atoms with Gasteiger partial charge in [-0.3, -0.25) is 14.6 Å². The maximum absolute atomic E-state index is 12.0. The molecule has 0 spiro atoms. The van der Waals surface area contributed by atoms with E-state index in [1.54, 1.807) is 7.11 Å². The molecule has 1 amide bonds. The molecule has 6 heteroatoms. The van der Waals surface area contributed by atoms with Crippen LogP contribution in [0.15, 0.2) is 24.3 Å². The molecule has 2 rings (SSSR count). The lowest BCUT2D eigenvalue weighted by atomic mass is 10.1. The van der Waals surface area contributed by atoms with Gasteiger partial charge in [0.05, 0.1) is 19.8 Å². The molecular formula is C18H29N3O3. The molecule has 0 radical (unpaired) electrons. The predicted octanol–water partition coefficient (Wildman–Crippen LogP) is 0.352. The zero-order valence-electron chi connectivity index (χ0n) is 14.7. The molecule has 0 saturated carbocycles. The summed E-state index contributed by atoms with van der Waals surface area (Å²) in [6, 6.07) is 7.91. The van der Waals surface area contributed by atoms with Gasteiger partial charge in [0, 0.05) is 39.3 Å². The number of aliphatic hydroxyl groups is 1. The summed E-state index contributed by atoms with van der Waals surface area (Å²) in [6.07, 6.45) is 0.524. The van der Waals surface area contributed by atoms with E-state index in [9.17, 15) is 9.90 Å². The minimum Gasteiger partial charge on any atom is -0.497 e. The minimum absolute atomic E-state index is 0.0764. The number of carbonyl (C=O) groups excluding carboxylic acids is 1. The number of aliphatic hydroxyl groups excluding tert-OH is 1. The van der Waals surface area contributed by atoms with Crippen LogP contribution in [0, 0.1) is 0 Å². The molecule has 2 N–H and O–H groups in total. The second-order valence-electron chi connectivity index (χ2n) is 6.37. The van der Waals surface area contributed by atoms with E-state index >= 15 is 0 Å². The first-order valence-corrected chi connectivity index (χ1v) is 8.59. The van der Waals surface area contributed by atoms with Crippen molar-refractivity contribution in [2.75, 3.05) is 52.9 Å². The van der Waals surface area contributed by atoms with Gasteiger partial charge in [0.25, 0.3) is 0 Å². The number of amides is 1. The molecule has 1 atom stereocenters. The Labute approximate surface area is 144 Å². The third kappa shape index (κ3) is 6.47. The number of rotatable bonds is 8. The largest absolute Gasteiger partial charge is 0.497 e. The number of hydrogen-bond donors (Lipinski definition) is 2. The first-order chi connectivity index (χ1) is 11.6. The number of methoxy groups -OCH3 is 1. The molecule has 0 aromatic heterocycles. The maximum Gasteiger partial charge on any atom is 0.234 e. The predicted molar refractivity (Wildman–Crippen MR) is 94.3 cm³/mol. The Morgan fingerprint density at radius 2 is 1.83 bits per heavy atom. The lowest BCUT2D eigenvalue weighted by Gasteiger charge is -2.34. The summed E-state index contributed by atoms with van der Waals surface area (Å²) in [6.45, 7) is 7.17. The highest BCUT2D eigenvalue weighted by Crippen LogP contribution is 2.11. The van der Waals surface area contributed by atoms with Gasteiger partial charge in [-0.25, -0.2) is 0 Å². The van der Waals surface area contributed by atoms with E-state index in [1.807, 2.05) is 31.2 Å². The van der Waals surface area contributed by atoms with E-state index < -0.39 is 0 Å². The number of benzene rings is 1. The van der Waals surface area contributed by atoms with E-state index in [0.717, 1.165) is 38.3 Å². The molecule has 0 aliphatic carbocycles. The van der Waals surface area contributed by atoms with Crippen LogP contribution < -0.4 is 10.1 Å². The van der Waals surface area contributed by atoms with Gasteiger partial charge in [-0.1, -0.05) is 12.1 Å². The van der Waals surface area contributed by atoms with Crippen LogP contribution in [0.25, 0.3) is 0 Å². The number of piperazine rings is 1. The number of β-amino-alcohol motifs (C(OH)–C–C–N with tert-alkyl or cyclic N) is 1. The minimum atomic E-state index is -0.294. The van der Waals surface area contributed by atoms with Gasteiger partial charge in [0.2, 0.25) is 5.91 Å². The van der Waals surface area contributed by atoms with Gasteiger partial charge in [0.1, 0.15) is 5.75 Å². The SMILES string of the molecule is COc1ccc(CCNC(=O)CN2CCN(C[C@H](C)O)CC2)cc1. The fourth-order valence-electron chi connectivity index (χ4n) is 2.90. The highest BCUT2D eigenvalue weighted by molar-refractivity contribution is 5.78. The third-order valence-corrected chi connectivity index (χ3v) is 4.25. The molecular weight excluding hydrogens is 306 g/mol. The molecule has 1 aliphatic heterocycles. The molecule has 1 aliphatic rings. The normalized spacial score (nSPS) is 17.5. The van der Waals surface area contributed by atoms with Gasteiger partial charge in [-0.2, -0.15) is 0 Å². The second kappa shape index (κ2) is 9.61. The molecule has 0 bridgehead atoms. The number of nitrogens with zero attached hydrogens (tertiary/aromatic N) is 2. The first-order valence-electron chi connectivity index (χ1n) is 8.59. The average Bonchev–Trinajstić information content (AvgIpc) is 2.57. The smallest absolute Gasteiger partial charge is 0.234 e. The number of nitrogens with one attached hydrogen (secondary N) is 1. The number of carbonyl (C=O) groups is 1. The van der Waals surface area contributed by atoms with Crippen molar-refractivity contribution in [3.8, 4) is 5.75 Å². The number of hydrogen-bond acceptors (Lipinski definition) is 5. The van der Waals surface area contributed by atoms with E-state index in [1.165, 1.54) is 5.56 Å². The topological polar surface area (TPSA) is 65.0 Å². The summed E-state index contributed by atoms with van der Waals surface area (Å²) in [4.78, 5) is 16.4. The molecule has 1 aromatic rings. The molecule has 1 saturated heterocycles. The Morgan fingerprint density at radius 1 is 1.21 bits per heavy atom. The summed E-state index contributed by atoms with van der Waals surface area (Å²) in [7, 11) is 1.65. The van der Waals surface area contributed by atoms with Crippen LogP contribution in [0.3, 0.4) is 0 Å². The van der Waals surface area contributed by atoms with Crippen molar-refractivity contribution in [1.29, 1.82) is 0 Å². The standard InChI is InChI=1S/C18H29N3O3/c1-15(22)13-20-9-11-21(12-10-20)14-18(23)19-8-7-16-3-5-17(24-2)6-4-16/h3-6,15,22H,7-14H2,1-2H3,(H,19,23)/t15-/m0/s1. The monoisotopic (exact) mass is 335 g/mol. The van der Waals surface area contributed by atoms with Gasteiger partial charge in [0.15, 0.2) is 0 Å². The molecule has 1 aromatic carbocycles. The van der Waals surface area contributed by atoms with Crippen molar-refractivity contribution < 1.29 is 14.6 Å².